The van der Waals surface area contributed by atoms with Crippen LogP contribution >= 0.6 is 0 Å². The zero-order valence-electron chi connectivity index (χ0n) is 16.2. The van der Waals surface area contributed by atoms with Gasteiger partial charge in [0.05, 0.1) is 4.92 Å². The lowest BCUT2D eigenvalue weighted by Gasteiger charge is -2.32. The first kappa shape index (κ1) is 21.6. The van der Waals surface area contributed by atoms with E-state index in [4.69, 9.17) is 5.26 Å². The summed E-state index contributed by atoms with van der Waals surface area (Å²) >= 11 is 0. The summed E-state index contributed by atoms with van der Waals surface area (Å²) < 4.78 is 13.4. The summed E-state index contributed by atoms with van der Waals surface area (Å²) in [5, 5.41) is 24.7. The van der Waals surface area contributed by atoms with E-state index in [0.717, 1.165) is 18.2 Å². The van der Waals surface area contributed by atoms with E-state index in [1.807, 2.05) is 11.0 Å². The highest BCUT2D eigenvalue weighted by Gasteiger charge is 2.24. The van der Waals surface area contributed by atoms with Gasteiger partial charge in [0.1, 0.15) is 6.07 Å². The van der Waals surface area contributed by atoms with E-state index < -0.39 is 28.2 Å². The van der Waals surface area contributed by atoms with Crippen LogP contribution in [0.4, 0.5) is 21.6 Å². The summed E-state index contributed by atoms with van der Waals surface area (Å²) in [7, 11) is 0. The van der Waals surface area contributed by atoms with Crippen LogP contribution in [-0.2, 0) is 9.59 Å². The maximum Gasteiger partial charge on any atom is 0.313 e. The lowest BCUT2D eigenvalue weighted by Crippen LogP contribution is -2.42. The van der Waals surface area contributed by atoms with Crippen LogP contribution in [0.1, 0.15) is 18.5 Å². The number of nitro benzene ring substituents is 1. The van der Waals surface area contributed by atoms with Gasteiger partial charge in [0.2, 0.25) is 5.82 Å². The maximum atomic E-state index is 13.4. The minimum Gasteiger partial charge on any atom is -0.354 e. The van der Waals surface area contributed by atoms with Gasteiger partial charge in [-0.25, -0.2) is 9.97 Å². The van der Waals surface area contributed by atoms with Gasteiger partial charge in [-0.1, -0.05) is 0 Å². The van der Waals surface area contributed by atoms with Crippen LogP contribution in [0.25, 0.3) is 0 Å². The molecule has 0 bridgehead atoms. The fraction of sp³-hybridized carbons (Fsp3) is 0.316. The quantitative estimate of drug-likeness (QED) is 0.412. The Hall–Kier alpha value is -4.14. The molecule has 160 valence electrons. The molecule has 31 heavy (non-hydrogen) atoms. The minimum absolute atomic E-state index is 0.0566. The molecule has 2 amide bonds. The molecule has 1 aliphatic rings. The van der Waals surface area contributed by atoms with Crippen LogP contribution in [0.5, 0.6) is 0 Å². The predicted molar refractivity (Wildman–Crippen MR) is 106 cm³/mol. The van der Waals surface area contributed by atoms with Crippen LogP contribution in [0, 0.1) is 33.2 Å². The van der Waals surface area contributed by atoms with E-state index in [9.17, 15) is 24.1 Å². The fourth-order valence-electron chi connectivity index (χ4n) is 3.23. The van der Waals surface area contributed by atoms with Gasteiger partial charge < -0.3 is 15.5 Å². The van der Waals surface area contributed by atoms with Crippen molar-refractivity contribution in [2.75, 3.05) is 29.9 Å². The molecule has 12 heteroatoms. The Bertz CT molecular complexity index is 1050. The van der Waals surface area contributed by atoms with Crippen molar-refractivity contribution in [3.8, 4) is 6.07 Å². The Morgan fingerprint density at radius 1 is 1.26 bits per heavy atom. The number of piperidine rings is 1. The lowest BCUT2D eigenvalue weighted by molar-refractivity contribution is -0.387. The van der Waals surface area contributed by atoms with Crippen molar-refractivity contribution in [3.63, 3.8) is 0 Å². The molecule has 2 aromatic rings. The Labute approximate surface area is 176 Å². The number of halogens is 1. The maximum absolute atomic E-state index is 13.4. The molecular formula is C19H18FN7O4. The molecule has 0 saturated carbocycles. The highest BCUT2D eigenvalue weighted by molar-refractivity contribution is 6.39. The van der Waals surface area contributed by atoms with E-state index in [0.29, 0.717) is 31.7 Å². The Morgan fingerprint density at radius 3 is 2.65 bits per heavy atom. The second kappa shape index (κ2) is 9.57. The van der Waals surface area contributed by atoms with Crippen molar-refractivity contribution in [1.29, 1.82) is 5.26 Å². The molecule has 0 atom stereocenters. The van der Waals surface area contributed by atoms with Gasteiger partial charge in [-0.05, 0) is 30.9 Å². The molecule has 0 radical (unpaired) electrons. The molecule has 0 aliphatic carbocycles. The Morgan fingerprint density at radius 2 is 1.97 bits per heavy atom. The van der Waals surface area contributed by atoms with Crippen molar-refractivity contribution >= 4 is 29.0 Å². The van der Waals surface area contributed by atoms with E-state index in [1.165, 1.54) is 12.4 Å². The standard InChI is InChI=1S/C19H18FN7O4/c20-14-2-1-13(9-16(14)27(30)31)25-19(29)18(28)24-11-12-3-7-26(8-4-12)17-15(10-21)22-5-6-23-17/h1-2,5-6,9,12H,3-4,7-8,11H2,(H,24,28)(H,25,29). The SMILES string of the molecule is N#Cc1nccnc1N1CCC(CNC(=O)C(=O)Nc2ccc(F)c([N+](=O)[O-])c2)CC1. The number of hydrogen-bond acceptors (Lipinski definition) is 8. The molecule has 1 aromatic carbocycles. The molecular weight excluding hydrogens is 409 g/mol. The first-order valence-electron chi connectivity index (χ1n) is 9.38. The van der Waals surface area contributed by atoms with Crippen LogP contribution in [0.15, 0.2) is 30.6 Å². The molecule has 1 aliphatic heterocycles. The van der Waals surface area contributed by atoms with E-state index in [1.54, 1.807) is 0 Å². The number of nitrogens with one attached hydrogen (secondary N) is 2. The van der Waals surface area contributed by atoms with Crippen LogP contribution in [-0.4, -0.2) is 46.3 Å². The molecule has 3 rings (SSSR count). The van der Waals surface area contributed by atoms with Crippen molar-refractivity contribution in [1.82, 2.24) is 15.3 Å². The predicted octanol–water partition coefficient (Wildman–Crippen LogP) is 1.37. The van der Waals surface area contributed by atoms with Crippen LogP contribution in [0.3, 0.4) is 0 Å². The number of anilines is 2. The molecule has 1 aromatic heterocycles. The first-order chi connectivity index (χ1) is 14.9. The molecule has 2 N–H and O–H groups in total. The van der Waals surface area contributed by atoms with Crippen LogP contribution < -0.4 is 15.5 Å². The number of benzene rings is 1. The summed E-state index contributed by atoms with van der Waals surface area (Å²) in [5.41, 5.74) is -0.599. The highest BCUT2D eigenvalue weighted by Crippen LogP contribution is 2.23. The van der Waals surface area contributed by atoms with E-state index in [-0.39, 0.29) is 23.8 Å². The number of rotatable bonds is 5. The second-order valence-corrected chi connectivity index (χ2v) is 6.86. The zero-order chi connectivity index (χ0) is 22.4. The topological polar surface area (TPSA) is 154 Å². The van der Waals surface area contributed by atoms with Gasteiger partial charge in [-0.3, -0.25) is 19.7 Å². The summed E-state index contributed by atoms with van der Waals surface area (Å²) in [5.74, 6) is -2.28. The zero-order valence-corrected chi connectivity index (χ0v) is 16.2. The average molecular weight is 427 g/mol. The lowest BCUT2D eigenvalue weighted by atomic mass is 9.96. The molecule has 1 fully saturated rings. The number of aromatic nitrogens is 2. The molecule has 11 nitrogen and oxygen atoms in total. The largest absolute Gasteiger partial charge is 0.354 e. The molecule has 0 unspecified atom stereocenters. The summed E-state index contributed by atoms with van der Waals surface area (Å²) in [6, 6.07) is 4.83. The summed E-state index contributed by atoms with van der Waals surface area (Å²) in [6.45, 7) is 1.52. The van der Waals surface area contributed by atoms with Gasteiger partial charge in [-0.15, -0.1) is 0 Å². The number of nitrogens with zero attached hydrogens (tertiary/aromatic N) is 5. The number of carbonyl (C=O) groups excluding carboxylic acids is 2. The Balaban J connectivity index is 1.48. The van der Waals surface area contributed by atoms with Crippen molar-refractivity contribution < 1.29 is 18.9 Å². The Kier molecular flexibility index (Phi) is 6.66. The number of carbonyl (C=O) groups is 2. The summed E-state index contributed by atoms with van der Waals surface area (Å²) in [6.07, 6.45) is 4.41. The van der Waals surface area contributed by atoms with Gasteiger partial charge in [0.15, 0.2) is 11.5 Å². The molecule has 2 heterocycles. The monoisotopic (exact) mass is 427 g/mol. The van der Waals surface area contributed by atoms with Crippen molar-refractivity contribution in [3.05, 3.63) is 52.2 Å². The third kappa shape index (κ3) is 5.27. The third-order valence-electron chi connectivity index (χ3n) is 4.86. The van der Waals surface area contributed by atoms with Crippen molar-refractivity contribution in [2.24, 2.45) is 5.92 Å². The van der Waals surface area contributed by atoms with Gasteiger partial charge in [0, 0.05) is 43.8 Å². The second-order valence-electron chi connectivity index (χ2n) is 6.86. The third-order valence-corrected chi connectivity index (χ3v) is 4.86. The number of hydrogen-bond donors (Lipinski definition) is 2. The number of nitriles is 1. The average Bonchev–Trinajstić information content (AvgIpc) is 2.78. The van der Waals surface area contributed by atoms with E-state index >= 15 is 0 Å². The number of nitro groups is 1. The van der Waals surface area contributed by atoms with Gasteiger partial charge in [-0.2, -0.15) is 9.65 Å². The number of amides is 2. The van der Waals surface area contributed by atoms with Gasteiger partial charge >= 0.3 is 17.5 Å². The first-order valence-corrected chi connectivity index (χ1v) is 9.38. The smallest absolute Gasteiger partial charge is 0.313 e. The van der Waals surface area contributed by atoms with E-state index in [2.05, 4.69) is 20.6 Å². The minimum atomic E-state index is -1.04. The molecule has 1 saturated heterocycles. The van der Waals surface area contributed by atoms with Crippen molar-refractivity contribution in [2.45, 2.75) is 12.8 Å². The van der Waals surface area contributed by atoms with Gasteiger partial charge in [0.25, 0.3) is 0 Å². The van der Waals surface area contributed by atoms with Crippen LogP contribution in [0.2, 0.25) is 0 Å². The summed E-state index contributed by atoms with van der Waals surface area (Å²) in [4.78, 5) is 44.1. The fourth-order valence-corrected chi connectivity index (χ4v) is 3.23. The normalized spacial score (nSPS) is 13.9. The highest BCUT2D eigenvalue weighted by atomic mass is 19.1. The molecule has 0 spiro atoms.